The third-order valence-electron chi connectivity index (χ3n) is 1.80. The summed E-state index contributed by atoms with van der Waals surface area (Å²) in [6.45, 7) is 1.79. The summed E-state index contributed by atoms with van der Waals surface area (Å²) in [5, 5.41) is 0.0337. The van der Waals surface area contributed by atoms with E-state index in [0.29, 0.717) is 16.9 Å². The van der Waals surface area contributed by atoms with Gasteiger partial charge in [0.1, 0.15) is 0 Å². The first-order valence-corrected chi connectivity index (χ1v) is 5.38. The predicted octanol–water partition coefficient (Wildman–Crippen LogP) is 2.50. The number of benzene rings is 1. The molecule has 3 nitrogen and oxygen atoms in total. The van der Waals surface area contributed by atoms with Crippen molar-refractivity contribution in [2.24, 2.45) is 0 Å². The summed E-state index contributed by atoms with van der Waals surface area (Å²) >= 11 is 1.07. The van der Waals surface area contributed by atoms with Gasteiger partial charge < -0.3 is 4.74 Å². The van der Waals surface area contributed by atoms with Crippen molar-refractivity contribution in [3.05, 3.63) is 29.8 Å². The molecule has 0 atom stereocenters. The van der Waals surface area contributed by atoms with Gasteiger partial charge in [-0.25, -0.2) is 4.79 Å². The highest BCUT2D eigenvalue weighted by Gasteiger charge is 2.13. The molecule has 0 amide bonds. The van der Waals surface area contributed by atoms with E-state index in [1.54, 1.807) is 31.2 Å². The highest BCUT2D eigenvalue weighted by Crippen LogP contribution is 2.24. The van der Waals surface area contributed by atoms with Gasteiger partial charge in [-0.05, 0) is 12.1 Å². The Bertz CT molecular complexity index is 374. The van der Waals surface area contributed by atoms with E-state index in [0.717, 1.165) is 11.8 Å². The minimum absolute atomic E-state index is 0.0337. The average Bonchev–Trinajstić information content (AvgIpc) is 2.28. The summed E-state index contributed by atoms with van der Waals surface area (Å²) in [6.07, 6.45) is 0.445. The lowest BCUT2D eigenvalue weighted by molar-refractivity contribution is -0.110. The number of esters is 1. The molecule has 0 radical (unpaired) electrons. The number of ether oxygens (including phenoxy) is 1. The molecule has 1 aromatic carbocycles. The lowest BCUT2D eigenvalue weighted by Gasteiger charge is -2.05. The van der Waals surface area contributed by atoms with Gasteiger partial charge in [-0.15, -0.1) is 0 Å². The quantitative estimate of drug-likeness (QED) is 0.584. The number of carbonyl (C=O) groups is 2. The Morgan fingerprint density at radius 1 is 1.33 bits per heavy atom. The van der Waals surface area contributed by atoms with Crippen LogP contribution in [-0.4, -0.2) is 18.2 Å². The van der Waals surface area contributed by atoms with Crippen LogP contribution in [0.5, 0.6) is 0 Å². The molecule has 0 fully saturated rings. The predicted molar refractivity (Wildman–Crippen MR) is 58.9 cm³/mol. The third kappa shape index (κ3) is 3.09. The van der Waals surface area contributed by atoms with E-state index < -0.39 is 5.97 Å². The lowest BCUT2D eigenvalue weighted by Crippen LogP contribution is -2.03. The van der Waals surface area contributed by atoms with E-state index in [-0.39, 0.29) is 5.12 Å². The molecule has 0 unspecified atom stereocenters. The molecule has 1 rings (SSSR count). The van der Waals surface area contributed by atoms with Crippen LogP contribution in [0.1, 0.15) is 23.7 Å². The molecule has 0 aliphatic rings. The largest absolute Gasteiger partial charge is 0.465 e. The minimum atomic E-state index is -0.415. The van der Waals surface area contributed by atoms with Gasteiger partial charge in [0.2, 0.25) is 0 Å². The van der Waals surface area contributed by atoms with Gasteiger partial charge in [-0.2, -0.15) is 0 Å². The second-order valence-electron chi connectivity index (χ2n) is 2.82. The molecular weight excluding hydrogens is 212 g/mol. The second kappa shape index (κ2) is 5.56. The molecule has 0 saturated heterocycles. The van der Waals surface area contributed by atoms with Gasteiger partial charge in [0, 0.05) is 11.3 Å². The van der Waals surface area contributed by atoms with Crippen molar-refractivity contribution in [3.8, 4) is 0 Å². The summed E-state index contributed by atoms with van der Waals surface area (Å²) in [7, 11) is 1.32. The molecular formula is C11H12O3S. The average molecular weight is 224 g/mol. The smallest absolute Gasteiger partial charge is 0.339 e. The maximum Gasteiger partial charge on any atom is 0.339 e. The molecule has 0 aliphatic heterocycles. The van der Waals surface area contributed by atoms with Crippen LogP contribution in [0.3, 0.4) is 0 Å². The zero-order chi connectivity index (χ0) is 11.3. The zero-order valence-electron chi connectivity index (χ0n) is 8.65. The summed E-state index contributed by atoms with van der Waals surface area (Å²) in [5.41, 5.74) is 0.437. The number of hydrogen-bond donors (Lipinski definition) is 0. The Labute approximate surface area is 92.8 Å². The maximum atomic E-state index is 11.4. The molecule has 0 spiro atoms. The van der Waals surface area contributed by atoms with E-state index in [1.807, 2.05) is 0 Å². The van der Waals surface area contributed by atoms with Gasteiger partial charge in [0.15, 0.2) is 5.12 Å². The van der Waals surface area contributed by atoms with E-state index in [1.165, 1.54) is 7.11 Å². The van der Waals surface area contributed by atoms with E-state index in [2.05, 4.69) is 4.74 Å². The first kappa shape index (κ1) is 11.8. The van der Waals surface area contributed by atoms with E-state index >= 15 is 0 Å². The van der Waals surface area contributed by atoms with Crippen molar-refractivity contribution in [1.82, 2.24) is 0 Å². The first-order valence-electron chi connectivity index (χ1n) is 4.57. The fourth-order valence-corrected chi connectivity index (χ4v) is 1.83. The Hall–Kier alpha value is -1.29. The Kier molecular flexibility index (Phi) is 4.37. The Morgan fingerprint density at radius 2 is 2.00 bits per heavy atom. The number of carbonyl (C=O) groups excluding carboxylic acids is 2. The first-order chi connectivity index (χ1) is 7.19. The number of hydrogen-bond acceptors (Lipinski definition) is 4. The summed E-state index contributed by atoms with van der Waals surface area (Å²) in [6, 6.07) is 6.92. The summed E-state index contributed by atoms with van der Waals surface area (Å²) in [4.78, 5) is 23.3. The van der Waals surface area contributed by atoms with Crippen LogP contribution in [0, 0.1) is 0 Å². The van der Waals surface area contributed by atoms with E-state index in [4.69, 9.17) is 0 Å². The van der Waals surface area contributed by atoms with Crippen LogP contribution in [-0.2, 0) is 9.53 Å². The molecule has 0 aliphatic carbocycles. The minimum Gasteiger partial charge on any atom is -0.465 e. The number of thioether (sulfide) groups is 1. The molecule has 80 valence electrons. The fourth-order valence-electron chi connectivity index (χ4n) is 1.03. The molecule has 1 aromatic rings. The van der Waals surface area contributed by atoms with Crippen molar-refractivity contribution in [2.45, 2.75) is 18.2 Å². The fraction of sp³-hybridized carbons (Fsp3) is 0.273. The third-order valence-corrected chi connectivity index (χ3v) is 2.90. The van der Waals surface area contributed by atoms with Crippen molar-refractivity contribution < 1.29 is 14.3 Å². The van der Waals surface area contributed by atoms with Gasteiger partial charge in [0.05, 0.1) is 12.7 Å². The molecule has 0 saturated carbocycles. The maximum absolute atomic E-state index is 11.4. The monoisotopic (exact) mass is 224 g/mol. The second-order valence-corrected chi connectivity index (χ2v) is 3.91. The van der Waals surface area contributed by atoms with Gasteiger partial charge >= 0.3 is 5.97 Å². The SMILES string of the molecule is CCC(=O)Sc1ccccc1C(=O)OC. The molecule has 0 heterocycles. The molecule has 0 bridgehead atoms. The Balaban J connectivity index is 2.96. The van der Waals surface area contributed by atoms with Crippen molar-refractivity contribution in [3.63, 3.8) is 0 Å². The van der Waals surface area contributed by atoms with Gasteiger partial charge in [-0.3, -0.25) is 4.79 Å². The molecule has 0 aromatic heterocycles. The van der Waals surface area contributed by atoms with Crippen LogP contribution >= 0.6 is 11.8 Å². The summed E-state index contributed by atoms with van der Waals surface area (Å²) < 4.78 is 4.63. The molecule has 15 heavy (non-hydrogen) atoms. The van der Waals surface area contributed by atoms with Crippen LogP contribution in [0.25, 0.3) is 0 Å². The highest BCUT2D eigenvalue weighted by molar-refractivity contribution is 8.13. The zero-order valence-corrected chi connectivity index (χ0v) is 9.47. The van der Waals surface area contributed by atoms with Gasteiger partial charge in [-0.1, -0.05) is 30.8 Å². The van der Waals surface area contributed by atoms with E-state index in [9.17, 15) is 9.59 Å². The standard InChI is InChI=1S/C11H12O3S/c1-3-10(12)15-9-7-5-4-6-8(9)11(13)14-2/h4-7H,3H2,1-2H3. The van der Waals surface area contributed by atoms with Crippen LogP contribution in [0.4, 0.5) is 0 Å². The normalized spacial score (nSPS) is 9.73. The van der Waals surface area contributed by atoms with Crippen molar-refractivity contribution in [2.75, 3.05) is 7.11 Å². The topological polar surface area (TPSA) is 43.4 Å². The van der Waals surface area contributed by atoms with Crippen LogP contribution < -0.4 is 0 Å². The van der Waals surface area contributed by atoms with Crippen LogP contribution in [0.2, 0.25) is 0 Å². The molecule has 0 N–H and O–H groups in total. The van der Waals surface area contributed by atoms with Crippen molar-refractivity contribution >= 4 is 22.8 Å². The van der Waals surface area contributed by atoms with Crippen LogP contribution in [0.15, 0.2) is 29.2 Å². The Morgan fingerprint density at radius 3 is 2.60 bits per heavy atom. The number of methoxy groups -OCH3 is 1. The van der Waals surface area contributed by atoms with Gasteiger partial charge in [0.25, 0.3) is 0 Å². The number of rotatable bonds is 3. The summed E-state index contributed by atoms with van der Waals surface area (Å²) in [5.74, 6) is -0.415. The highest BCUT2D eigenvalue weighted by atomic mass is 32.2. The molecule has 4 heteroatoms. The van der Waals surface area contributed by atoms with Crippen molar-refractivity contribution in [1.29, 1.82) is 0 Å². The lowest BCUT2D eigenvalue weighted by atomic mass is 10.2.